The molecule has 3 aliphatic heterocycles. The summed E-state index contributed by atoms with van der Waals surface area (Å²) in [6, 6.07) is 8.59. The Hall–Kier alpha value is -4.38. The quantitative estimate of drug-likeness (QED) is 0.0380. The van der Waals surface area contributed by atoms with E-state index in [4.69, 9.17) is 47.4 Å². The molecule has 1 aromatic rings. The van der Waals surface area contributed by atoms with Gasteiger partial charge in [-0.25, -0.2) is 14.4 Å². The highest BCUT2D eigenvalue weighted by molar-refractivity contribution is 5.89. The minimum atomic E-state index is -1.72. The third kappa shape index (κ3) is 13.3. The van der Waals surface area contributed by atoms with E-state index in [1.165, 1.54) is 45.4 Å². The molecule has 79 heavy (non-hydrogen) atoms. The van der Waals surface area contributed by atoms with Crippen molar-refractivity contribution in [1.29, 1.82) is 0 Å². The largest absolute Gasteiger partial charge is 0.509 e. The van der Waals surface area contributed by atoms with Crippen LogP contribution < -0.4 is 0 Å². The van der Waals surface area contributed by atoms with Crippen molar-refractivity contribution in [3.63, 3.8) is 0 Å². The number of carbonyl (C=O) groups excluding carboxylic acids is 4. The number of unbranched alkanes of at least 4 members (excludes halogenated alkanes) is 8. The van der Waals surface area contributed by atoms with Crippen LogP contribution in [0.2, 0.25) is 0 Å². The molecule has 3 saturated heterocycles. The van der Waals surface area contributed by atoms with Gasteiger partial charge in [-0.2, -0.15) is 0 Å². The summed E-state index contributed by atoms with van der Waals surface area (Å²) in [6.07, 6.45) is 17.1. The third-order valence-electron chi connectivity index (χ3n) is 18.2. The fourth-order valence-corrected chi connectivity index (χ4v) is 14.4. The van der Waals surface area contributed by atoms with E-state index < -0.39 is 112 Å². The Kier molecular flexibility index (Phi) is 21.0. The molecule has 0 amide bonds. The van der Waals surface area contributed by atoms with Crippen LogP contribution >= 0.6 is 0 Å². The first-order valence-corrected chi connectivity index (χ1v) is 29.6. The number of allylic oxidation sites excluding steroid dienone is 4. The molecule has 0 bridgehead atoms. The zero-order valence-corrected chi connectivity index (χ0v) is 49.3. The molecule has 3 heterocycles. The summed E-state index contributed by atoms with van der Waals surface area (Å²) in [5.41, 5.74) is -5.26. The van der Waals surface area contributed by atoms with Gasteiger partial charge >= 0.3 is 24.1 Å². The zero-order chi connectivity index (χ0) is 57.3. The van der Waals surface area contributed by atoms with Crippen molar-refractivity contribution in [3.8, 4) is 0 Å². The number of rotatable bonds is 27. The molecule has 5 fully saturated rings. The van der Waals surface area contributed by atoms with Crippen molar-refractivity contribution >= 4 is 24.1 Å². The molecule has 440 valence electrons. The summed E-state index contributed by atoms with van der Waals surface area (Å²) in [6.45, 7) is 24.7. The highest BCUT2D eigenvalue weighted by Gasteiger charge is 2.83. The molecule has 1 aromatic carbocycles. The molecule has 6 aliphatic rings. The summed E-state index contributed by atoms with van der Waals surface area (Å²) in [5.74, 6) is -3.85. The summed E-state index contributed by atoms with van der Waals surface area (Å²) < 4.78 is 63.7. The van der Waals surface area contributed by atoms with Crippen molar-refractivity contribution in [2.75, 3.05) is 19.8 Å². The van der Waals surface area contributed by atoms with Crippen molar-refractivity contribution in [3.05, 3.63) is 84.0 Å². The van der Waals surface area contributed by atoms with Crippen molar-refractivity contribution in [2.24, 2.45) is 34.5 Å². The van der Waals surface area contributed by atoms with Crippen LogP contribution in [0.1, 0.15) is 183 Å². The maximum Gasteiger partial charge on any atom is 0.509 e. The number of ether oxygens (including phenoxy) is 10. The number of hydrogen-bond donors (Lipinski definition) is 1. The second-order valence-electron chi connectivity index (χ2n) is 24.8. The number of aliphatic hydroxyl groups is 1. The predicted octanol–water partition coefficient (Wildman–Crippen LogP) is 12.4. The van der Waals surface area contributed by atoms with Crippen LogP contribution in [0.15, 0.2) is 78.4 Å². The summed E-state index contributed by atoms with van der Waals surface area (Å²) in [5, 5.41) is 13.1. The Balaban J connectivity index is 1.07. The van der Waals surface area contributed by atoms with Gasteiger partial charge in [0.15, 0.2) is 18.2 Å². The van der Waals surface area contributed by atoms with Gasteiger partial charge < -0.3 is 52.5 Å². The van der Waals surface area contributed by atoms with Crippen LogP contribution in [-0.2, 0) is 57.0 Å². The smallest absolute Gasteiger partial charge is 0.457 e. The predicted molar refractivity (Wildman–Crippen MR) is 298 cm³/mol. The molecule has 1 N–H and O–H groups in total. The lowest BCUT2D eigenvalue weighted by molar-refractivity contribution is -0.418. The van der Waals surface area contributed by atoms with Crippen LogP contribution in [0.3, 0.4) is 0 Å². The summed E-state index contributed by atoms with van der Waals surface area (Å²) in [4.78, 5) is 56.8. The first-order valence-electron chi connectivity index (χ1n) is 29.6. The lowest BCUT2D eigenvalue weighted by Gasteiger charge is -2.71. The van der Waals surface area contributed by atoms with E-state index in [-0.39, 0.29) is 44.0 Å². The molecule has 15 atom stereocenters. The fraction of sp³-hybridized carbons (Fsp3) is 0.719. The molecule has 0 radical (unpaired) electrons. The fourth-order valence-electron chi connectivity index (χ4n) is 14.4. The molecule has 15 nitrogen and oxygen atoms in total. The minimum absolute atomic E-state index is 0.0277. The highest BCUT2D eigenvalue weighted by atomic mass is 16.8. The van der Waals surface area contributed by atoms with Gasteiger partial charge in [-0.1, -0.05) is 129 Å². The van der Waals surface area contributed by atoms with Gasteiger partial charge in [0.05, 0.1) is 47.9 Å². The number of benzene rings is 1. The second kappa shape index (κ2) is 26.7. The molecule has 3 aliphatic carbocycles. The van der Waals surface area contributed by atoms with Crippen LogP contribution in [0, 0.1) is 34.5 Å². The number of hydrogen-bond acceptors (Lipinski definition) is 15. The molecule has 0 spiro atoms. The lowest BCUT2D eigenvalue weighted by atomic mass is 9.46. The Morgan fingerprint density at radius 2 is 1.58 bits per heavy atom. The van der Waals surface area contributed by atoms with Crippen molar-refractivity contribution in [1.82, 2.24) is 0 Å². The average molecular weight is 1100 g/mol. The molecule has 2 saturated carbocycles. The number of fused-ring (bicyclic) bond motifs is 3. The molecular weight excluding hydrogens is 1010 g/mol. The van der Waals surface area contributed by atoms with Gasteiger partial charge in [0.2, 0.25) is 6.10 Å². The number of carbonyl (C=O) groups is 4. The van der Waals surface area contributed by atoms with Gasteiger partial charge in [0.1, 0.15) is 30.5 Å². The van der Waals surface area contributed by atoms with E-state index >= 15 is 0 Å². The second-order valence-corrected chi connectivity index (χ2v) is 24.8. The van der Waals surface area contributed by atoms with E-state index in [0.717, 1.165) is 38.5 Å². The van der Waals surface area contributed by atoms with E-state index in [2.05, 4.69) is 37.8 Å². The van der Waals surface area contributed by atoms with E-state index in [1.54, 1.807) is 50.3 Å². The Morgan fingerprint density at radius 1 is 0.899 bits per heavy atom. The summed E-state index contributed by atoms with van der Waals surface area (Å²) in [7, 11) is 0. The maximum atomic E-state index is 14.9. The van der Waals surface area contributed by atoms with Gasteiger partial charge in [0.25, 0.3) is 0 Å². The van der Waals surface area contributed by atoms with Crippen molar-refractivity contribution < 1.29 is 71.7 Å². The lowest BCUT2D eigenvalue weighted by Crippen LogP contribution is -2.84. The monoisotopic (exact) mass is 1100 g/mol. The maximum absolute atomic E-state index is 14.9. The topological polar surface area (TPSA) is 181 Å². The Labute approximate surface area is 470 Å². The Morgan fingerprint density at radius 3 is 2.22 bits per heavy atom. The molecule has 7 rings (SSSR count). The van der Waals surface area contributed by atoms with Crippen LogP contribution in [0.5, 0.6) is 0 Å². The van der Waals surface area contributed by atoms with Gasteiger partial charge in [-0.3, -0.25) is 4.79 Å². The first-order chi connectivity index (χ1) is 37.6. The van der Waals surface area contributed by atoms with Gasteiger partial charge in [-0.15, -0.1) is 0 Å². The van der Waals surface area contributed by atoms with Crippen LogP contribution in [0.25, 0.3) is 0 Å². The SMILES string of the molecule is C=C[C@H]1O[C@H]2C[C@@]3(C)OC[C@@]3(OC(C)=O)[C@H]3[C@H](OC(=O)c4ccccc4)[C@]4(C(C)(C)O)C[C@H](OC(=O)[C@H](OC(=O)OCC5COC(CCCCCCCC/C=C\C/C=C\CCCC)O5)[C@@H](C)CC(C)C)C(C)=C4[C@H](C)[C@H](O1)[C@]23C. The molecule has 2 unspecified atom stereocenters. The molecule has 0 aromatic heterocycles. The Bertz CT molecular complexity index is 2340. The number of esters is 3. The van der Waals surface area contributed by atoms with E-state index in [0.29, 0.717) is 24.0 Å². The standard InChI is InChI=1S/C64H94O15/c1-13-15-16-17-18-19-20-21-22-23-24-25-26-27-31-34-51-70-38-47(73-51)39-71-59(68)77-53(42(5)35-41(3)4)58(67)74-48-36-63(60(9,10)69)52(43(48)6)44(7)55-62(12)49(75-50(14-2)76-55)37-61(11)64(40-72-61,79-45(8)65)54(62)56(63)78-57(66)46-32-29-28-30-33-46/h14,17-18,20-21,28-30,32-33,41-42,44,47-51,53-56,69H,2,13,15-16,19,22-27,31,34-40H2,1,3-12H3/b18-17-,21-20-/t42-,44-,47?,48-,49-,50-,51?,53+,54-,55-,56-,61+,62+,63-,64+/m0/s1. The molecular formula is C64H94O15. The van der Waals surface area contributed by atoms with E-state index in [9.17, 15) is 24.3 Å². The third-order valence-corrected chi connectivity index (χ3v) is 18.2. The van der Waals surface area contributed by atoms with Gasteiger partial charge in [0, 0.05) is 37.0 Å². The van der Waals surface area contributed by atoms with Crippen LogP contribution in [0.4, 0.5) is 4.79 Å². The zero-order valence-electron chi connectivity index (χ0n) is 49.3. The molecule has 15 heteroatoms. The average Bonchev–Trinajstić information content (AvgIpc) is 4.09. The van der Waals surface area contributed by atoms with Crippen molar-refractivity contribution in [2.45, 2.75) is 238 Å². The normalized spacial score (nSPS) is 33.8. The van der Waals surface area contributed by atoms with E-state index in [1.807, 2.05) is 48.5 Å². The summed E-state index contributed by atoms with van der Waals surface area (Å²) >= 11 is 0. The van der Waals surface area contributed by atoms with Crippen LogP contribution in [-0.4, -0.2) is 115 Å². The van der Waals surface area contributed by atoms with Gasteiger partial charge in [-0.05, 0) is 108 Å². The highest BCUT2D eigenvalue weighted by Crippen LogP contribution is 2.72. The first kappa shape index (κ1) is 62.2. The minimum Gasteiger partial charge on any atom is -0.457 e.